The van der Waals surface area contributed by atoms with Crippen LogP contribution in [0.2, 0.25) is 0 Å². The Morgan fingerprint density at radius 2 is 1.80 bits per heavy atom. The van der Waals surface area contributed by atoms with Crippen molar-refractivity contribution in [2.45, 2.75) is 38.6 Å². The van der Waals surface area contributed by atoms with Gasteiger partial charge in [0.1, 0.15) is 6.61 Å². The zero-order chi connectivity index (χ0) is 12.1. The van der Waals surface area contributed by atoms with Crippen LogP contribution >= 0.6 is 0 Å². The molecule has 0 heterocycles. The molecule has 0 spiro atoms. The first-order chi connectivity index (χ1) is 6.60. The van der Waals surface area contributed by atoms with Crippen LogP contribution in [0.1, 0.15) is 20.8 Å². The molecule has 0 aliphatic heterocycles. The molecule has 92 valence electrons. The first-order valence-corrected chi connectivity index (χ1v) is 4.68. The number of aliphatic hydroxyl groups is 1. The minimum atomic E-state index is -4.34. The van der Waals surface area contributed by atoms with E-state index < -0.39 is 18.9 Å². The molecule has 0 saturated heterocycles. The number of β-amino-alcohol motifs (C(OH)–C–C–N with tert-alkyl or cyclic N) is 1. The minimum Gasteiger partial charge on any atom is -0.389 e. The molecule has 0 saturated carbocycles. The molecule has 0 aromatic heterocycles. The van der Waals surface area contributed by atoms with Crippen LogP contribution < -0.4 is 5.32 Å². The largest absolute Gasteiger partial charge is 0.411 e. The van der Waals surface area contributed by atoms with Crippen molar-refractivity contribution in [1.82, 2.24) is 5.32 Å². The molecule has 1 unspecified atom stereocenters. The number of hydrogen-bond acceptors (Lipinski definition) is 3. The lowest BCUT2D eigenvalue weighted by atomic mass is 10.1. The summed E-state index contributed by atoms with van der Waals surface area (Å²) in [6.07, 6.45) is -5.26. The molecule has 6 heteroatoms. The SMILES string of the molecule is CC(C)(C)NCC(O)COCC(F)(F)F. The number of hydrogen-bond donors (Lipinski definition) is 2. The predicted molar refractivity (Wildman–Crippen MR) is 50.6 cm³/mol. The molecule has 0 rings (SSSR count). The molecule has 2 N–H and O–H groups in total. The first-order valence-electron chi connectivity index (χ1n) is 4.68. The van der Waals surface area contributed by atoms with Crippen molar-refractivity contribution in [1.29, 1.82) is 0 Å². The number of rotatable bonds is 5. The fourth-order valence-electron chi connectivity index (χ4n) is 0.794. The van der Waals surface area contributed by atoms with Crippen LogP contribution in [0.5, 0.6) is 0 Å². The second-order valence-electron chi connectivity index (χ2n) is 4.42. The number of halogens is 3. The van der Waals surface area contributed by atoms with E-state index in [9.17, 15) is 18.3 Å². The highest BCUT2D eigenvalue weighted by molar-refractivity contribution is 4.72. The van der Waals surface area contributed by atoms with E-state index in [0.717, 1.165) is 0 Å². The average molecular weight is 229 g/mol. The average Bonchev–Trinajstić information content (AvgIpc) is 1.97. The van der Waals surface area contributed by atoms with Crippen molar-refractivity contribution in [2.24, 2.45) is 0 Å². The molecule has 0 bridgehead atoms. The molecule has 3 nitrogen and oxygen atoms in total. The molecule has 0 amide bonds. The van der Waals surface area contributed by atoms with E-state index in [0.29, 0.717) is 0 Å². The molecule has 0 aromatic rings. The van der Waals surface area contributed by atoms with E-state index in [4.69, 9.17) is 0 Å². The Kier molecular flexibility index (Phi) is 5.55. The standard InChI is InChI=1S/C9H18F3NO2/c1-8(2,3)13-4-7(14)5-15-6-9(10,11)12/h7,13-14H,4-6H2,1-3H3. The van der Waals surface area contributed by atoms with Gasteiger partial charge in [-0.1, -0.05) is 0 Å². The monoisotopic (exact) mass is 229 g/mol. The summed E-state index contributed by atoms with van der Waals surface area (Å²) in [4.78, 5) is 0. The van der Waals surface area contributed by atoms with Crippen LogP contribution in [0.3, 0.4) is 0 Å². The topological polar surface area (TPSA) is 41.5 Å². The highest BCUT2D eigenvalue weighted by Gasteiger charge is 2.27. The zero-order valence-corrected chi connectivity index (χ0v) is 9.19. The minimum absolute atomic E-state index is 0.176. The van der Waals surface area contributed by atoms with Gasteiger partial charge in [-0.15, -0.1) is 0 Å². The zero-order valence-electron chi connectivity index (χ0n) is 9.19. The lowest BCUT2D eigenvalue weighted by Crippen LogP contribution is -2.42. The molecule has 0 radical (unpaired) electrons. The van der Waals surface area contributed by atoms with Gasteiger partial charge in [-0.25, -0.2) is 0 Å². The molecule has 0 aliphatic rings. The third-order valence-corrected chi connectivity index (χ3v) is 1.44. The number of alkyl halides is 3. The van der Waals surface area contributed by atoms with Gasteiger partial charge in [-0.2, -0.15) is 13.2 Å². The van der Waals surface area contributed by atoms with Gasteiger partial charge in [-0.3, -0.25) is 0 Å². The summed E-state index contributed by atoms with van der Waals surface area (Å²) in [6, 6.07) is 0. The summed E-state index contributed by atoms with van der Waals surface area (Å²) in [5, 5.41) is 12.2. The van der Waals surface area contributed by atoms with E-state index in [1.165, 1.54) is 0 Å². The van der Waals surface area contributed by atoms with Gasteiger partial charge in [0.05, 0.1) is 12.7 Å². The third kappa shape index (κ3) is 11.6. The quantitative estimate of drug-likeness (QED) is 0.747. The highest BCUT2D eigenvalue weighted by atomic mass is 19.4. The van der Waals surface area contributed by atoms with Crippen LogP contribution in [0.15, 0.2) is 0 Å². The molecular formula is C9H18F3NO2. The third-order valence-electron chi connectivity index (χ3n) is 1.44. The van der Waals surface area contributed by atoms with Crippen molar-refractivity contribution in [3.05, 3.63) is 0 Å². The Labute approximate surface area is 87.6 Å². The number of nitrogens with one attached hydrogen (secondary N) is 1. The number of ether oxygens (including phenoxy) is 1. The second-order valence-corrected chi connectivity index (χ2v) is 4.42. The summed E-state index contributed by atoms with van der Waals surface area (Å²) in [6.45, 7) is 4.27. The molecular weight excluding hydrogens is 211 g/mol. The van der Waals surface area contributed by atoms with Crippen LogP contribution in [-0.4, -0.2) is 42.7 Å². The van der Waals surface area contributed by atoms with Crippen LogP contribution in [0.4, 0.5) is 13.2 Å². The van der Waals surface area contributed by atoms with Gasteiger partial charge < -0.3 is 15.2 Å². The second kappa shape index (κ2) is 5.67. The van der Waals surface area contributed by atoms with E-state index in [1.54, 1.807) is 0 Å². The fraction of sp³-hybridized carbons (Fsp3) is 1.00. The van der Waals surface area contributed by atoms with Gasteiger partial charge in [0.2, 0.25) is 0 Å². The van der Waals surface area contributed by atoms with Gasteiger partial charge in [-0.05, 0) is 20.8 Å². The van der Waals surface area contributed by atoms with E-state index in [1.807, 2.05) is 20.8 Å². The van der Waals surface area contributed by atoms with Crippen molar-refractivity contribution in [3.63, 3.8) is 0 Å². The molecule has 1 atom stereocenters. The first kappa shape index (κ1) is 14.7. The van der Waals surface area contributed by atoms with Crippen molar-refractivity contribution >= 4 is 0 Å². The van der Waals surface area contributed by atoms with E-state index in [-0.39, 0.29) is 18.7 Å². The Hall–Kier alpha value is -0.330. The summed E-state index contributed by atoms with van der Waals surface area (Å²) in [5.74, 6) is 0. The maximum atomic E-state index is 11.7. The van der Waals surface area contributed by atoms with Crippen molar-refractivity contribution in [2.75, 3.05) is 19.8 Å². The number of aliphatic hydroxyl groups excluding tert-OH is 1. The van der Waals surface area contributed by atoms with Crippen molar-refractivity contribution < 1.29 is 23.0 Å². The molecule has 0 fully saturated rings. The van der Waals surface area contributed by atoms with Gasteiger partial charge in [0, 0.05) is 12.1 Å². The summed E-state index contributed by atoms with van der Waals surface area (Å²) in [5.41, 5.74) is -0.176. The van der Waals surface area contributed by atoms with Crippen LogP contribution in [0, 0.1) is 0 Å². The van der Waals surface area contributed by atoms with Crippen LogP contribution in [0.25, 0.3) is 0 Å². The normalized spacial score (nSPS) is 15.4. The van der Waals surface area contributed by atoms with Crippen molar-refractivity contribution in [3.8, 4) is 0 Å². The Morgan fingerprint density at radius 3 is 2.20 bits per heavy atom. The lowest BCUT2D eigenvalue weighted by Gasteiger charge is -2.22. The molecule has 0 aliphatic carbocycles. The summed E-state index contributed by atoms with van der Waals surface area (Å²) < 4.78 is 39.3. The smallest absolute Gasteiger partial charge is 0.389 e. The van der Waals surface area contributed by atoms with Crippen LogP contribution in [-0.2, 0) is 4.74 Å². The molecule has 0 aromatic carbocycles. The predicted octanol–water partition coefficient (Wildman–Crippen LogP) is 1.31. The Balaban J connectivity index is 3.54. The van der Waals surface area contributed by atoms with Gasteiger partial charge in [0.15, 0.2) is 0 Å². The van der Waals surface area contributed by atoms with E-state index >= 15 is 0 Å². The summed E-state index contributed by atoms with van der Waals surface area (Å²) in [7, 11) is 0. The molecule has 15 heavy (non-hydrogen) atoms. The van der Waals surface area contributed by atoms with Gasteiger partial charge >= 0.3 is 6.18 Å². The summed E-state index contributed by atoms with van der Waals surface area (Å²) >= 11 is 0. The Morgan fingerprint density at radius 1 is 1.27 bits per heavy atom. The maximum absolute atomic E-state index is 11.7. The van der Waals surface area contributed by atoms with Gasteiger partial charge in [0.25, 0.3) is 0 Å². The van der Waals surface area contributed by atoms with E-state index in [2.05, 4.69) is 10.1 Å². The Bertz CT molecular complexity index is 177. The highest BCUT2D eigenvalue weighted by Crippen LogP contribution is 2.14. The fourth-order valence-corrected chi connectivity index (χ4v) is 0.794. The maximum Gasteiger partial charge on any atom is 0.411 e. The lowest BCUT2D eigenvalue weighted by molar-refractivity contribution is -0.179.